The molecule has 0 aliphatic carbocycles. The summed E-state index contributed by atoms with van der Waals surface area (Å²) in [6, 6.07) is 2.51. The second kappa shape index (κ2) is 13.4. The minimum atomic E-state index is -1.21. The molecule has 0 radical (unpaired) electrons. The van der Waals surface area contributed by atoms with Gasteiger partial charge in [-0.1, -0.05) is 6.07 Å². The number of nitrogens with one attached hydrogen (secondary N) is 3. The highest BCUT2D eigenvalue weighted by Gasteiger charge is 2.38. The fourth-order valence-electron chi connectivity index (χ4n) is 4.39. The zero-order valence-electron chi connectivity index (χ0n) is 20.5. The van der Waals surface area contributed by atoms with Gasteiger partial charge in [0.2, 0.25) is 23.6 Å². The Hall–Kier alpha value is -3.16. The van der Waals surface area contributed by atoms with Crippen LogP contribution in [-0.4, -0.2) is 86.2 Å². The normalized spacial score (nSPS) is 23.0. The van der Waals surface area contributed by atoms with E-state index in [0.717, 1.165) is 12.1 Å². The van der Waals surface area contributed by atoms with Crippen molar-refractivity contribution in [3.8, 4) is 0 Å². The summed E-state index contributed by atoms with van der Waals surface area (Å²) in [5.41, 5.74) is 5.06. The fourth-order valence-corrected chi connectivity index (χ4v) is 4.39. The second-order valence-corrected chi connectivity index (χ2v) is 9.27. The van der Waals surface area contributed by atoms with Crippen molar-refractivity contribution in [2.24, 2.45) is 5.73 Å². The molecule has 1 spiro atoms. The molecule has 0 bridgehead atoms. The van der Waals surface area contributed by atoms with Crippen LogP contribution in [0.1, 0.15) is 31.2 Å². The maximum absolute atomic E-state index is 13.6. The molecule has 2 heterocycles. The average molecular weight is 526 g/mol. The van der Waals surface area contributed by atoms with E-state index in [1.807, 2.05) is 4.90 Å². The van der Waals surface area contributed by atoms with Crippen molar-refractivity contribution in [1.82, 2.24) is 20.9 Å². The summed E-state index contributed by atoms with van der Waals surface area (Å²) in [5.74, 6) is -4.12. The van der Waals surface area contributed by atoms with Gasteiger partial charge in [-0.25, -0.2) is 8.78 Å². The average Bonchev–Trinajstić information content (AvgIpc) is 2.83. The molecule has 204 valence electrons. The molecule has 2 fully saturated rings. The first-order valence-electron chi connectivity index (χ1n) is 12.1. The molecule has 2 aliphatic heterocycles. The molecule has 5 N–H and O–H groups in total. The number of ether oxygens (including phenoxy) is 2. The van der Waals surface area contributed by atoms with Crippen molar-refractivity contribution in [3.05, 3.63) is 35.4 Å². The molecule has 1 aromatic rings. The maximum Gasteiger partial charge on any atom is 0.246 e. The fraction of sp³-hybridized carbons (Fsp3) is 0.583. The minimum absolute atomic E-state index is 0.147. The van der Waals surface area contributed by atoms with Gasteiger partial charge >= 0.3 is 0 Å². The van der Waals surface area contributed by atoms with Gasteiger partial charge < -0.3 is 31.2 Å². The summed E-state index contributed by atoms with van der Waals surface area (Å²) >= 11 is 0. The SMILES string of the molecule is NC(=O)C1CC(=O)NCCOCCOCC(=O)NC2(CCN(Cc3ccc(F)c(F)c3)CC2)CC(=O)N1. The Kier molecular flexibility index (Phi) is 10.3. The van der Waals surface area contributed by atoms with E-state index in [2.05, 4.69) is 16.0 Å². The lowest BCUT2D eigenvalue weighted by molar-refractivity contribution is -0.132. The van der Waals surface area contributed by atoms with Crippen molar-refractivity contribution >= 4 is 23.6 Å². The summed E-state index contributed by atoms with van der Waals surface area (Å²) in [7, 11) is 0. The summed E-state index contributed by atoms with van der Waals surface area (Å²) in [5, 5.41) is 8.02. The number of piperidine rings is 1. The third-order valence-corrected chi connectivity index (χ3v) is 6.35. The number of halogens is 2. The number of nitrogens with two attached hydrogens (primary N) is 1. The maximum atomic E-state index is 13.6. The Morgan fingerprint density at radius 3 is 2.46 bits per heavy atom. The predicted molar refractivity (Wildman–Crippen MR) is 127 cm³/mol. The molecule has 37 heavy (non-hydrogen) atoms. The summed E-state index contributed by atoms with van der Waals surface area (Å²) in [4.78, 5) is 51.6. The lowest BCUT2D eigenvalue weighted by atomic mass is 9.83. The Morgan fingerprint density at radius 1 is 1.03 bits per heavy atom. The quantitative estimate of drug-likeness (QED) is 0.408. The first kappa shape index (κ1) is 28.4. The third-order valence-electron chi connectivity index (χ3n) is 6.35. The molecule has 1 aromatic carbocycles. The molecule has 1 atom stereocenters. The van der Waals surface area contributed by atoms with Crippen LogP contribution in [0.15, 0.2) is 18.2 Å². The summed E-state index contributed by atoms with van der Waals surface area (Å²) < 4.78 is 37.5. The Bertz CT molecular complexity index is 986. The number of amides is 4. The van der Waals surface area contributed by atoms with E-state index < -0.39 is 46.8 Å². The zero-order chi connectivity index (χ0) is 26.8. The van der Waals surface area contributed by atoms with Crippen LogP contribution in [0.3, 0.4) is 0 Å². The number of nitrogens with zero attached hydrogens (tertiary/aromatic N) is 1. The number of carbonyl (C=O) groups excluding carboxylic acids is 4. The van der Waals surface area contributed by atoms with Crippen LogP contribution in [-0.2, 0) is 35.2 Å². The van der Waals surface area contributed by atoms with Crippen LogP contribution in [0.4, 0.5) is 8.78 Å². The van der Waals surface area contributed by atoms with E-state index >= 15 is 0 Å². The first-order valence-corrected chi connectivity index (χ1v) is 12.1. The van der Waals surface area contributed by atoms with Crippen molar-refractivity contribution in [3.63, 3.8) is 0 Å². The Morgan fingerprint density at radius 2 is 1.76 bits per heavy atom. The molecule has 0 saturated carbocycles. The smallest absolute Gasteiger partial charge is 0.246 e. The van der Waals surface area contributed by atoms with Gasteiger partial charge in [0.1, 0.15) is 12.6 Å². The topological polar surface area (TPSA) is 152 Å². The van der Waals surface area contributed by atoms with Crippen molar-refractivity contribution < 1.29 is 37.4 Å². The van der Waals surface area contributed by atoms with Crippen molar-refractivity contribution in [2.75, 3.05) is 46.1 Å². The molecule has 3 rings (SSSR count). The van der Waals surface area contributed by atoms with Gasteiger partial charge in [-0.15, -0.1) is 0 Å². The van der Waals surface area contributed by atoms with E-state index in [1.54, 1.807) is 0 Å². The summed E-state index contributed by atoms with van der Waals surface area (Å²) in [6.45, 7) is 1.85. The molecule has 0 aromatic heterocycles. The van der Waals surface area contributed by atoms with Crippen LogP contribution in [0, 0.1) is 11.6 Å². The predicted octanol–water partition coefficient (Wildman–Crippen LogP) is -0.671. The van der Waals surface area contributed by atoms with E-state index in [9.17, 15) is 28.0 Å². The Balaban J connectivity index is 1.70. The van der Waals surface area contributed by atoms with Crippen LogP contribution in [0.5, 0.6) is 0 Å². The number of hydrogen-bond acceptors (Lipinski definition) is 7. The molecular weight excluding hydrogens is 492 g/mol. The van der Waals surface area contributed by atoms with Gasteiger partial charge in [-0.2, -0.15) is 0 Å². The third kappa shape index (κ3) is 9.02. The van der Waals surface area contributed by atoms with E-state index in [-0.39, 0.29) is 45.8 Å². The highest BCUT2D eigenvalue weighted by molar-refractivity contribution is 5.91. The largest absolute Gasteiger partial charge is 0.377 e. The van der Waals surface area contributed by atoms with Crippen molar-refractivity contribution in [2.45, 2.75) is 43.8 Å². The highest BCUT2D eigenvalue weighted by Crippen LogP contribution is 2.27. The van der Waals surface area contributed by atoms with Gasteiger partial charge in [0, 0.05) is 32.6 Å². The van der Waals surface area contributed by atoms with Gasteiger partial charge in [0.15, 0.2) is 11.6 Å². The molecule has 13 heteroatoms. The van der Waals surface area contributed by atoms with Gasteiger partial charge in [-0.05, 0) is 30.5 Å². The number of benzene rings is 1. The first-order chi connectivity index (χ1) is 17.7. The number of likely N-dealkylation sites (tertiary alicyclic amines) is 1. The second-order valence-electron chi connectivity index (χ2n) is 9.27. The van der Waals surface area contributed by atoms with E-state index in [0.29, 0.717) is 38.0 Å². The molecule has 2 aliphatic rings. The number of carbonyl (C=O) groups is 4. The van der Waals surface area contributed by atoms with Gasteiger partial charge in [-0.3, -0.25) is 24.1 Å². The van der Waals surface area contributed by atoms with Gasteiger partial charge in [0.25, 0.3) is 0 Å². The number of hydrogen-bond donors (Lipinski definition) is 4. The van der Waals surface area contributed by atoms with E-state index in [4.69, 9.17) is 15.2 Å². The zero-order valence-corrected chi connectivity index (χ0v) is 20.5. The molecule has 4 amide bonds. The number of primary amides is 1. The number of rotatable bonds is 3. The Labute approximate surface area is 213 Å². The molecular formula is C24H33F2N5O6. The minimum Gasteiger partial charge on any atom is -0.377 e. The van der Waals surface area contributed by atoms with Crippen molar-refractivity contribution in [1.29, 1.82) is 0 Å². The lowest BCUT2D eigenvalue weighted by Gasteiger charge is -2.42. The van der Waals surface area contributed by atoms with E-state index in [1.165, 1.54) is 6.07 Å². The lowest BCUT2D eigenvalue weighted by Crippen LogP contribution is -2.58. The van der Waals surface area contributed by atoms with Crippen LogP contribution < -0.4 is 21.7 Å². The summed E-state index contributed by atoms with van der Waals surface area (Å²) in [6.07, 6.45) is 0.277. The standard InChI is InChI=1S/C24H33F2N5O6/c25-17-2-1-16(11-18(17)26)14-31-6-3-24(4-7-31)13-21(33)29-19(23(27)35)12-20(32)28-5-8-36-9-10-37-15-22(34)30-24/h1-2,11,19H,3-10,12-15H2,(H2,27,35)(H,28,32)(H,29,33)(H,30,34). The van der Waals surface area contributed by atoms with Gasteiger partial charge in [0.05, 0.1) is 31.8 Å². The molecule has 1 unspecified atom stereocenters. The van der Waals surface area contributed by atoms with Crippen LogP contribution >= 0.6 is 0 Å². The monoisotopic (exact) mass is 525 g/mol. The molecule has 2 saturated heterocycles. The highest BCUT2D eigenvalue weighted by atomic mass is 19.2. The molecule has 11 nitrogen and oxygen atoms in total. The van der Waals surface area contributed by atoms with Crippen LogP contribution in [0.25, 0.3) is 0 Å². The van der Waals surface area contributed by atoms with Crippen LogP contribution in [0.2, 0.25) is 0 Å².